The van der Waals surface area contributed by atoms with E-state index in [-0.39, 0.29) is 0 Å². The molecule has 1 aromatic heterocycles. The highest BCUT2D eigenvalue weighted by atomic mass is 32.2. The average molecular weight is 287 g/mol. The van der Waals surface area contributed by atoms with Gasteiger partial charge in [-0.2, -0.15) is 4.68 Å². The average Bonchev–Trinajstić information content (AvgIpc) is 2.85. The summed E-state index contributed by atoms with van der Waals surface area (Å²) in [5, 5.41) is 3.30. The van der Waals surface area contributed by atoms with Crippen LogP contribution < -0.4 is 0 Å². The van der Waals surface area contributed by atoms with Crippen molar-refractivity contribution in [3.63, 3.8) is 0 Å². The molecule has 1 heterocycles. The molecule has 0 unspecified atom stereocenters. The zero-order valence-corrected chi connectivity index (χ0v) is 12.0. The van der Waals surface area contributed by atoms with Crippen LogP contribution in [-0.2, 0) is 10.0 Å². The molecule has 0 aliphatic carbocycles. The predicted octanol–water partition coefficient (Wildman–Crippen LogP) is 0.00440. The Morgan fingerprint density at radius 3 is 2.63 bits per heavy atom. The van der Waals surface area contributed by atoms with E-state index >= 15 is 0 Å². The lowest BCUT2D eigenvalue weighted by atomic mass is 10.5. The van der Waals surface area contributed by atoms with Gasteiger partial charge in [0.1, 0.15) is 6.33 Å². The highest BCUT2D eigenvalue weighted by Gasteiger charge is 2.24. The highest BCUT2D eigenvalue weighted by molar-refractivity contribution is 7.88. The van der Waals surface area contributed by atoms with Gasteiger partial charge in [0.15, 0.2) is 0 Å². The summed E-state index contributed by atoms with van der Waals surface area (Å²) in [4.78, 5) is 17.1. The second-order valence-electron chi connectivity index (χ2n) is 3.87. The Labute approximate surface area is 112 Å². The van der Waals surface area contributed by atoms with E-state index in [2.05, 4.69) is 16.7 Å². The fourth-order valence-corrected chi connectivity index (χ4v) is 1.96. The Hall–Kier alpha value is -1.74. The fourth-order valence-electron chi connectivity index (χ4n) is 1.26. The second-order valence-corrected chi connectivity index (χ2v) is 5.91. The number of carbonyl (C=O) groups is 1. The van der Waals surface area contributed by atoms with Gasteiger partial charge in [0, 0.05) is 27.2 Å². The summed E-state index contributed by atoms with van der Waals surface area (Å²) in [5.74, 6) is 0. The molecule has 0 fully saturated rings. The second kappa shape index (κ2) is 5.93. The van der Waals surface area contributed by atoms with Crippen molar-refractivity contribution in [3.05, 3.63) is 19.0 Å². The molecule has 9 heteroatoms. The van der Waals surface area contributed by atoms with E-state index in [1.807, 2.05) is 0 Å². The van der Waals surface area contributed by atoms with Crippen LogP contribution in [0.2, 0.25) is 0 Å². The van der Waals surface area contributed by atoms with E-state index in [0.717, 1.165) is 15.3 Å². The van der Waals surface area contributed by atoms with Gasteiger partial charge in [-0.05, 0) is 6.92 Å². The first-order valence-corrected chi connectivity index (χ1v) is 7.03. The van der Waals surface area contributed by atoms with Crippen molar-refractivity contribution in [1.82, 2.24) is 24.0 Å². The Morgan fingerprint density at radius 2 is 2.16 bits per heavy atom. The first-order chi connectivity index (χ1) is 8.84. The predicted molar refractivity (Wildman–Crippen MR) is 69.1 cm³/mol. The molecule has 0 spiro atoms. The van der Waals surface area contributed by atoms with Crippen LogP contribution in [0.25, 0.3) is 0 Å². The molecule has 1 aromatic rings. The van der Waals surface area contributed by atoms with E-state index in [1.54, 1.807) is 13.0 Å². The normalized spacial score (nSPS) is 11.6. The van der Waals surface area contributed by atoms with Gasteiger partial charge >= 0.3 is 6.03 Å². The third-order valence-electron chi connectivity index (χ3n) is 2.38. The fraction of sp³-hybridized carbons (Fsp3) is 0.500. The molecule has 0 aliphatic rings. The molecule has 0 aliphatic heterocycles. The maximum Gasteiger partial charge on any atom is 0.346 e. The van der Waals surface area contributed by atoms with Crippen molar-refractivity contribution in [2.75, 3.05) is 27.2 Å². The first-order valence-electron chi connectivity index (χ1n) is 5.59. The summed E-state index contributed by atoms with van der Waals surface area (Å²) < 4.78 is 25.4. The van der Waals surface area contributed by atoms with Gasteiger partial charge in [0.2, 0.25) is 0 Å². The van der Waals surface area contributed by atoms with Crippen molar-refractivity contribution in [2.45, 2.75) is 12.1 Å². The summed E-state index contributed by atoms with van der Waals surface area (Å²) in [5.41, 5.74) is 0. The zero-order chi connectivity index (χ0) is 14.6. The number of carbonyl (C=O) groups excluding carboxylic acids is 1. The van der Waals surface area contributed by atoms with Crippen LogP contribution in [0.15, 0.2) is 24.1 Å². The number of amides is 1. The minimum atomic E-state index is -3.73. The molecule has 19 heavy (non-hydrogen) atoms. The molecule has 0 atom stereocenters. The number of hydrogen-bond donors (Lipinski definition) is 0. The first kappa shape index (κ1) is 15.3. The zero-order valence-electron chi connectivity index (χ0n) is 11.1. The molecular weight excluding hydrogens is 270 g/mol. The van der Waals surface area contributed by atoms with Crippen molar-refractivity contribution in [2.24, 2.45) is 0 Å². The molecule has 1 amide bonds. The van der Waals surface area contributed by atoms with E-state index in [4.69, 9.17) is 0 Å². The van der Waals surface area contributed by atoms with Crippen LogP contribution in [0.1, 0.15) is 6.92 Å². The number of likely N-dealkylation sites (N-methyl/N-ethyl adjacent to an activating group) is 1. The largest absolute Gasteiger partial charge is 0.346 e. The molecule has 106 valence electrons. The van der Waals surface area contributed by atoms with Crippen molar-refractivity contribution in [3.8, 4) is 0 Å². The standard InChI is InChI=1S/C10H17N5O3S/c1-5-7-14(6-2)10(16)15-8-11-9(12-15)19(17,18)13(3)4/h5,8H,1,6-7H2,2-4H3. The lowest BCUT2D eigenvalue weighted by molar-refractivity contribution is 0.204. The molecule has 0 saturated heterocycles. The summed E-state index contributed by atoms with van der Waals surface area (Å²) in [7, 11) is -0.997. The Morgan fingerprint density at radius 1 is 1.53 bits per heavy atom. The summed E-state index contributed by atoms with van der Waals surface area (Å²) in [6.45, 7) is 6.16. The van der Waals surface area contributed by atoms with Crippen LogP contribution >= 0.6 is 0 Å². The van der Waals surface area contributed by atoms with Gasteiger partial charge in [-0.25, -0.2) is 22.5 Å². The van der Waals surface area contributed by atoms with Crippen molar-refractivity contribution >= 4 is 16.1 Å². The minimum absolute atomic E-state index is 0.352. The number of nitrogens with zero attached hydrogens (tertiary/aromatic N) is 5. The van der Waals surface area contributed by atoms with Crippen LogP contribution in [0.5, 0.6) is 0 Å². The monoisotopic (exact) mass is 287 g/mol. The summed E-state index contributed by atoms with van der Waals surface area (Å²) >= 11 is 0. The Bertz CT molecular complexity index is 563. The van der Waals surface area contributed by atoms with Crippen LogP contribution in [0.3, 0.4) is 0 Å². The highest BCUT2D eigenvalue weighted by Crippen LogP contribution is 2.06. The quantitative estimate of drug-likeness (QED) is 0.711. The van der Waals surface area contributed by atoms with E-state index in [9.17, 15) is 13.2 Å². The lowest BCUT2D eigenvalue weighted by Gasteiger charge is -2.17. The number of hydrogen-bond acceptors (Lipinski definition) is 5. The van der Waals surface area contributed by atoms with E-state index < -0.39 is 21.2 Å². The Balaban J connectivity index is 3.03. The molecular formula is C10H17N5O3S. The molecule has 1 rings (SSSR count). The maximum atomic E-state index is 12.0. The molecule has 0 radical (unpaired) electrons. The SMILES string of the molecule is C=CCN(CC)C(=O)n1cnc(S(=O)(=O)N(C)C)n1. The molecule has 0 aromatic carbocycles. The van der Waals surface area contributed by atoms with Gasteiger partial charge < -0.3 is 4.90 Å². The van der Waals surface area contributed by atoms with Crippen LogP contribution in [-0.4, -0.2) is 65.6 Å². The maximum absolute atomic E-state index is 12.0. The minimum Gasteiger partial charge on any atom is -0.319 e. The van der Waals surface area contributed by atoms with E-state index in [0.29, 0.717) is 13.1 Å². The topological polar surface area (TPSA) is 88.4 Å². The van der Waals surface area contributed by atoms with Gasteiger partial charge in [-0.3, -0.25) is 0 Å². The van der Waals surface area contributed by atoms with Crippen LogP contribution in [0.4, 0.5) is 4.79 Å². The van der Waals surface area contributed by atoms with E-state index in [1.165, 1.54) is 19.0 Å². The third kappa shape index (κ3) is 3.18. The number of aromatic nitrogens is 3. The Kier molecular flexibility index (Phi) is 4.78. The molecule has 0 N–H and O–H groups in total. The third-order valence-corrected chi connectivity index (χ3v) is 3.99. The lowest BCUT2D eigenvalue weighted by Crippen LogP contribution is -2.35. The number of rotatable bonds is 5. The molecule has 8 nitrogen and oxygen atoms in total. The van der Waals surface area contributed by atoms with Crippen molar-refractivity contribution in [1.29, 1.82) is 0 Å². The molecule has 0 bridgehead atoms. The smallest absolute Gasteiger partial charge is 0.319 e. The molecule has 0 saturated carbocycles. The van der Waals surface area contributed by atoms with Crippen LogP contribution in [0, 0.1) is 0 Å². The van der Waals surface area contributed by atoms with Gasteiger partial charge in [0.05, 0.1) is 0 Å². The summed E-state index contributed by atoms with van der Waals surface area (Å²) in [6, 6.07) is -0.449. The van der Waals surface area contributed by atoms with Gasteiger partial charge in [-0.1, -0.05) is 6.08 Å². The van der Waals surface area contributed by atoms with Gasteiger partial charge in [-0.15, -0.1) is 11.7 Å². The van der Waals surface area contributed by atoms with Gasteiger partial charge in [0.25, 0.3) is 15.2 Å². The van der Waals surface area contributed by atoms with Crippen molar-refractivity contribution < 1.29 is 13.2 Å². The number of sulfonamides is 1. The summed E-state index contributed by atoms with van der Waals surface area (Å²) in [6.07, 6.45) is 2.67.